The van der Waals surface area contributed by atoms with Crippen LogP contribution in [0.4, 0.5) is 0 Å². The first-order chi connectivity index (χ1) is 8.56. The summed E-state index contributed by atoms with van der Waals surface area (Å²) in [6, 6.07) is 11.2. The molecule has 1 nitrogen and oxygen atoms in total. The Labute approximate surface area is 112 Å². The maximum Gasteiger partial charge on any atom is 0.00981 e. The van der Waals surface area contributed by atoms with Crippen LogP contribution in [-0.4, -0.2) is 12.6 Å². The lowest BCUT2D eigenvalue weighted by molar-refractivity contribution is 0.388. The number of hydrogen-bond acceptors (Lipinski definition) is 1. The van der Waals surface area contributed by atoms with Crippen LogP contribution in [-0.2, 0) is 5.41 Å². The molecule has 1 aromatic carbocycles. The molecule has 0 amide bonds. The molecule has 1 unspecified atom stereocenters. The summed E-state index contributed by atoms with van der Waals surface area (Å²) in [5.41, 5.74) is 1.61. The standard InChI is InChI=1S/C17H25N/c1-5-6-10-13-18-15(2)14-17(3,4)16-11-8-7-9-12-16/h1,7-9,11-12,15,18H,6,10,13-14H2,2-4H3. The second-order valence-corrected chi connectivity index (χ2v) is 5.62. The summed E-state index contributed by atoms with van der Waals surface area (Å²) in [4.78, 5) is 0. The molecule has 18 heavy (non-hydrogen) atoms. The van der Waals surface area contributed by atoms with E-state index in [1.54, 1.807) is 0 Å². The molecular weight excluding hydrogens is 218 g/mol. The van der Waals surface area contributed by atoms with E-state index in [1.165, 1.54) is 5.56 Å². The van der Waals surface area contributed by atoms with Gasteiger partial charge >= 0.3 is 0 Å². The Morgan fingerprint density at radius 3 is 2.56 bits per heavy atom. The monoisotopic (exact) mass is 243 g/mol. The van der Waals surface area contributed by atoms with Gasteiger partial charge in [-0.05, 0) is 37.3 Å². The van der Waals surface area contributed by atoms with Crippen molar-refractivity contribution in [1.82, 2.24) is 5.32 Å². The molecule has 1 aromatic rings. The van der Waals surface area contributed by atoms with Gasteiger partial charge in [-0.25, -0.2) is 0 Å². The van der Waals surface area contributed by atoms with Gasteiger partial charge in [0.1, 0.15) is 0 Å². The van der Waals surface area contributed by atoms with E-state index in [1.807, 2.05) is 0 Å². The van der Waals surface area contributed by atoms with Crippen LogP contribution >= 0.6 is 0 Å². The quantitative estimate of drug-likeness (QED) is 0.568. The fourth-order valence-corrected chi connectivity index (χ4v) is 2.38. The molecule has 0 saturated carbocycles. The minimum absolute atomic E-state index is 0.208. The largest absolute Gasteiger partial charge is 0.314 e. The first kappa shape index (κ1) is 14.8. The molecule has 1 heteroatoms. The number of nitrogens with one attached hydrogen (secondary N) is 1. The van der Waals surface area contributed by atoms with Crippen molar-refractivity contribution < 1.29 is 0 Å². The van der Waals surface area contributed by atoms with E-state index in [9.17, 15) is 0 Å². The highest BCUT2D eigenvalue weighted by Gasteiger charge is 2.22. The lowest BCUT2D eigenvalue weighted by atomic mass is 9.79. The van der Waals surface area contributed by atoms with E-state index >= 15 is 0 Å². The minimum atomic E-state index is 0.208. The van der Waals surface area contributed by atoms with Crippen LogP contribution in [0.1, 0.15) is 45.6 Å². The van der Waals surface area contributed by atoms with Gasteiger partial charge in [0.15, 0.2) is 0 Å². The Hall–Kier alpha value is -1.26. The third-order valence-electron chi connectivity index (χ3n) is 3.36. The second-order valence-electron chi connectivity index (χ2n) is 5.62. The molecule has 0 saturated heterocycles. The lowest BCUT2D eigenvalue weighted by Gasteiger charge is -2.29. The van der Waals surface area contributed by atoms with Gasteiger partial charge in [-0.2, -0.15) is 0 Å². The van der Waals surface area contributed by atoms with E-state index in [0.29, 0.717) is 6.04 Å². The van der Waals surface area contributed by atoms with Gasteiger partial charge < -0.3 is 5.32 Å². The van der Waals surface area contributed by atoms with Crippen molar-refractivity contribution >= 4 is 0 Å². The van der Waals surface area contributed by atoms with Gasteiger partial charge in [0.2, 0.25) is 0 Å². The molecule has 0 heterocycles. The van der Waals surface area contributed by atoms with Crippen molar-refractivity contribution in [2.45, 2.75) is 51.5 Å². The van der Waals surface area contributed by atoms with Gasteiger partial charge in [0.05, 0.1) is 0 Å². The highest BCUT2D eigenvalue weighted by Crippen LogP contribution is 2.27. The highest BCUT2D eigenvalue weighted by atomic mass is 14.9. The molecule has 0 fully saturated rings. The molecule has 0 aliphatic carbocycles. The maximum absolute atomic E-state index is 5.25. The summed E-state index contributed by atoms with van der Waals surface area (Å²) in [7, 11) is 0. The SMILES string of the molecule is C#CCCCNC(C)CC(C)(C)c1ccccc1. The molecule has 1 rings (SSSR count). The Morgan fingerprint density at radius 1 is 1.28 bits per heavy atom. The summed E-state index contributed by atoms with van der Waals surface area (Å²) in [6.07, 6.45) is 8.30. The predicted octanol–water partition coefficient (Wildman–Crippen LogP) is 3.75. The fraction of sp³-hybridized carbons (Fsp3) is 0.529. The van der Waals surface area contributed by atoms with Crippen LogP contribution in [0.5, 0.6) is 0 Å². The van der Waals surface area contributed by atoms with Crippen LogP contribution < -0.4 is 5.32 Å². The van der Waals surface area contributed by atoms with Crippen molar-refractivity contribution in [3.63, 3.8) is 0 Å². The van der Waals surface area contributed by atoms with Crippen molar-refractivity contribution in [2.75, 3.05) is 6.54 Å². The Bertz CT molecular complexity index is 372. The zero-order valence-electron chi connectivity index (χ0n) is 11.9. The molecule has 0 radical (unpaired) electrons. The Balaban J connectivity index is 2.43. The molecule has 0 aromatic heterocycles. The zero-order chi connectivity index (χ0) is 13.4. The summed E-state index contributed by atoms with van der Waals surface area (Å²) in [5, 5.41) is 3.55. The number of terminal acetylenes is 1. The fourth-order valence-electron chi connectivity index (χ4n) is 2.38. The molecule has 0 aliphatic heterocycles. The van der Waals surface area contributed by atoms with Crippen LogP contribution in [0.25, 0.3) is 0 Å². The van der Waals surface area contributed by atoms with E-state index < -0.39 is 0 Å². The molecule has 0 spiro atoms. The van der Waals surface area contributed by atoms with E-state index in [-0.39, 0.29) is 5.41 Å². The predicted molar refractivity (Wildman–Crippen MR) is 79.6 cm³/mol. The van der Waals surface area contributed by atoms with Crippen molar-refractivity contribution in [1.29, 1.82) is 0 Å². The average molecular weight is 243 g/mol. The number of rotatable bonds is 7. The smallest absolute Gasteiger partial charge is 0.00981 e. The van der Waals surface area contributed by atoms with Gasteiger partial charge in [0, 0.05) is 12.5 Å². The van der Waals surface area contributed by atoms with E-state index in [4.69, 9.17) is 6.42 Å². The van der Waals surface area contributed by atoms with Gasteiger partial charge in [-0.15, -0.1) is 12.3 Å². The van der Waals surface area contributed by atoms with Crippen LogP contribution in [0.2, 0.25) is 0 Å². The topological polar surface area (TPSA) is 12.0 Å². The van der Waals surface area contributed by atoms with Gasteiger partial charge in [-0.3, -0.25) is 0 Å². The summed E-state index contributed by atoms with van der Waals surface area (Å²) < 4.78 is 0. The molecular formula is C17H25N. The third-order valence-corrected chi connectivity index (χ3v) is 3.36. The molecule has 1 N–H and O–H groups in total. The average Bonchev–Trinajstić information content (AvgIpc) is 2.35. The normalized spacial score (nSPS) is 13.0. The van der Waals surface area contributed by atoms with Crippen LogP contribution in [0.15, 0.2) is 30.3 Å². The first-order valence-electron chi connectivity index (χ1n) is 6.78. The van der Waals surface area contributed by atoms with Crippen LogP contribution in [0.3, 0.4) is 0 Å². The molecule has 98 valence electrons. The summed E-state index contributed by atoms with van der Waals surface area (Å²) >= 11 is 0. The Kier molecular flexibility index (Phi) is 5.95. The number of unbranched alkanes of at least 4 members (excludes halogenated alkanes) is 1. The molecule has 0 bridgehead atoms. The van der Waals surface area contributed by atoms with Crippen molar-refractivity contribution in [3.05, 3.63) is 35.9 Å². The van der Waals surface area contributed by atoms with Crippen LogP contribution in [0, 0.1) is 12.3 Å². The minimum Gasteiger partial charge on any atom is -0.314 e. The summed E-state index contributed by atoms with van der Waals surface area (Å²) in [5.74, 6) is 2.68. The van der Waals surface area contributed by atoms with Gasteiger partial charge in [-0.1, -0.05) is 44.2 Å². The van der Waals surface area contributed by atoms with E-state index in [2.05, 4.69) is 62.3 Å². The first-order valence-corrected chi connectivity index (χ1v) is 6.78. The maximum atomic E-state index is 5.25. The molecule has 0 aliphatic rings. The summed E-state index contributed by atoms with van der Waals surface area (Å²) in [6.45, 7) is 7.88. The van der Waals surface area contributed by atoms with Gasteiger partial charge in [0.25, 0.3) is 0 Å². The highest BCUT2D eigenvalue weighted by molar-refractivity contribution is 5.23. The molecule has 1 atom stereocenters. The van der Waals surface area contributed by atoms with E-state index in [0.717, 1.165) is 25.8 Å². The lowest BCUT2D eigenvalue weighted by Crippen LogP contribution is -2.33. The zero-order valence-corrected chi connectivity index (χ0v) is 11.9. The second kappa shape index (κ2) is 7.24. The van der Waals surface area contributed by atoms with Crippen molar-refractivity contribution in [3.8, 4) is 12.3 Å². The van der Waals surface area contributed by atoms with Crippen molar-refractivity contribution in [2.24, 2.45) is 0 Å². The number of benzene rings is 1. The number of hydrogen-bond donors (Lipinski definition) is 1. The third kappa shape index (κ3) is 4.94. The Morgan fingerprint density at radius 2 is 1.94 bits per heavy atom.